The first-order valence-electron chi connectivity index (χ1n) is 11.3. The number of rotatable bonds is 4. The molecule has 12 heteroatoms. The van der Waals surface area contributed by atoms with E-state index in [1.807, 2.05) is 7.05 Å². The third-order valence-corrected chi connectivity index (χ3v) is 6.22. The third kappa shape index (κ3) is 4.52. The Kier molecular flexibility index (Phi) is 6.03. The van der Waals surface area contributed by atoms with Gasteiger partial charge < -0.3 is 26.2 Å². The number of aromatic nitrogens is 4. The van der Waals surface area contributed by atoms with Crippen molar-refractivity contribution in [3.05, 3.63) is 48.0 Å². The second kappa shape index (κ2) is 9.29. The number of pyridine rings is 2. The smallest absolute Gasteiger partial charge is 0.272 e. The number of nitrogens with zero attached hydrogens (tertiary/aromatic N) is 6. The van der Waals surface area contributed by atoms with Crippen LogP contribution in [0.4, 0.5) is 21.7 Å². The quantitative estimate of drug-likeness (QED) is 0.510. The molecule has 5 rings (SSSR count). The summed E-state index contributed by atoms with van der Waals surface area (Å²) < 4.78 is 15.1. The molecule has 3 aromatic rings. The number of fused-ring (bicyclic) bond motifs is 1. The molecule has 1 fully saturated rings. The fourth-order valence-corrected chi connectivity index (χ4v) is 4.26. The van der Waals surface area contributed by atoms with Gasteiger partial charge in [-0.1, -0.05) is 6.07 Å². The lowest BCUT2D eigenvalue weighted by atomic mass is 10.1. The lowest BCUT2D eigenvalue weighted by Gasteiger charge is -2.32. The summed E-state index contributed by atoms with van der Waals surface area (Å²) in [6.07, 6.45) is 3.62. The van der Waals surface area contributed by atoms with Crippen LogP contribution in [-0.2, 0) is 6.54 Å². The van der Waals surface area contributed by atoms with Crippen LogP contribution >= 0.6 is 0 Å². The van der Waals surface area contributed by atoms with Gasteiger partial charge in [0.1, 0.15) is 23.2 Å². The number of hydrogen-bond donors (Lipinski definition) is 3. The number of nitrogen functional groups attached to an aromatic ring is 1. The number of halogens is 1. The van der Waals surface area contributed by atoms with Crippen LogP contribution in [0.2, 0.25) is 0 Å². The number of piperazine rings is 1. The number of likely N-dealkylation sites (N-methyl/N-ethyl adjacent to an activating group) is 1. The second-order valence-corrected chi connectivity index (χ2v) is 8.67. The Balaban J connectivity index is 1.35. The molecule has 182 valence electrons. The lowest BCUT2D eigenvalue weighted by molar-refractivity contribution is 0.0658. The van der Waals surface area contributed by atoms with Crippen LogP contribution in [0.15, 0.2) is 36.8 Å². The predicted octanol–water partition coefficient (Wildman–Crippen LogP) is 1.33. The van der Waals surface area contributed by atoms with Crippen LogP contribution in [0.1, 0.15) is 20.8 Å². The maximum Gasteiger partial charge on any atom is 0.272 e. The largest absolute Gasteiger partial charge is 0.381 e. The highest BCUT2D eigenvalue weighted by Gasteiger charge is 2.28. The van der Waals surface area contributed by atoms with Crippen molar-refractivity contribution in [1.82, 2.24) is 29.5 Å². The highest BCUT2D eigenvalue weighted by molar-refractivity contribution is 6.12. The van der Waals surface area contributed by atoms with E-state index in [1.165, 1.54) is 10.9 Å². The van der Waals surface area contributed by atoms with Crippen molar-refractivity contribution in [3.8, 4) is 11.1 Å². The fourth-order valence-electron chi connectivity index (χ4n) is 4.26. The predicted molar refractivity (Wildman–Crippen MR) is 129 cm³/mol. The molecule has 0 radical (unpaired) electrons. The van der Waals surface area contributed by atoms with Crippen molar-refractivity contribution in [2.75, 3.05) is 56.1 Å². The average molecular weight is 480 g/mol. The molecule has 35 heavy (non-hydrogen) atoms. The standard InChI is InChI=1S/C23H26FN9O2/c1-31-6-8-32(9-7-31)23(35)17-3-2-14(10-27-17)16-4-5-26-12-18(16)29-22(34)19-20(25)30-33-13-15(24)11-28-21(19)33/h2-5,10,12,15,28H,6-9,11,13H2,1H3,(H2,25,30)(H,29,34). The Morgan fingerprint density at radius 2 is 1.97 bits per heavy atom. The SMILES string of the molecule is CN1CCN(C(=O)c2ccc(-c3ccncc3NC(=O)c3c(N)nn4c3NCC(F)C4)cn2)CC1. The van der Waals surface area contributed by atoms with Crippen LogP contribution in [0.5, 0.6) is 0 Å². The zero-order chi connectivity index (χ0) is 24.5. The Labute approximate surface area is 201 Å². The molecular formula is C23H26FN9O2. The molecule has 11 nitrogen and oxygen atoms in total. The van der Waals surface area contributed by atoms with E-state index in [2.05, 4.69) is 30.6 Å². The van der Waals surface area contributed by atoms with Gasteiger partial charge in [-0.2, -0.15) is 5.10 Å². The van der Waals surface area contributed by atoms with Gasteiger partial charge in [0.05, 0.1) is 18.4 Å². The van der Waals surface area contributed by atoms with Gasteiger partial charge in [-0.3, -0.25) is 19.6 Å². The maximum atomic E-state index is 13.7. The summed E-state index contributed by atoms with van der Waals surface area (Å²) in [6.45, 7) is 3.11. The minimum atomic E-state index is -1.11. The molecule has 3 aromatic heterocycles. The van der Waals surface area contributed by atoms with Crippen molar-refractivity contribution in [3.63, 3.8) is 0 Å². The molecule has 0 bridgehead atoms. The first kappa shape index (κ1) is 22.7. The molecule has 0 aliphatic carbocycles. The molecule has 2 aliphatic heterocycles. The van der Waals surface area contributed by atoms with Gasteiger partial charge in [0.2, 0.25) is 0 Å². The summed E-state index contributed by atoms with van der Waals surface area (Å²) in [7, 11) is 2.03. The van der Waals surface area contributed by atoms with E-state index < -0.39 is 12.1 Å². The van der Waals surface area contributed by atoms with Crippen molar-refractivity contribution in [1.29, 1.82) is 0 Å². The third-order valence-electron chi connectivity index (χ3n) is 6.22. The molecule has 5 heterocycles. The van der Waals surface area contributed by atoms with Gasteiger partial charge in [0.15, 0.2) is 5.82 Å². The topological polar surface area (TPSA) is 134 Å². The molecule has 4 N–H and O–H groups in total. The number of nitrogens with one attached hydrogen (secondary N) is 2. The lowest BCUT2D eigenvalue weighted by Crippen LogP contribution is -2.47. The van der Waals surface area contributed by atoms with Crippen LogP contribution in [0.25, 0.3) is 11.1 Å². The highest BCUT2D eigenvalue weighted by atomic mass is 19.1. The summed E-state index contributed by atoms with van der Waals surface area (Å²) in [5, 5.41) is 9.79. The molecule has 0 spiro atoms. The van der Waals surface area contributed by atoms with Crippen LogP contribution in [0.3, 0.4) is 0 Å². The first-order valence-corrected chi connectivity index (χ1v) is 11.3. The number of anilines is 3. The summed E-state index contributed by atoms with van der Waals surface area (Å²) in [5.41, 5.74) is 8.31. The molecule has 0 aromatic carbocycles. The summed E-state index contributed by atoms with van der Waals surface area (Å²) in [4.78, 5) is 38.4. The summed E-state index contributed by atoms with van der Waals surface area (Å²) in [6, 6.07) is 5.23. The van der Waals surface area contributed by atoms with Crippen LogP contribution in [0, 0.1) is 0 Å². The number of hydrogen-bond acceptors (Lipinski definition) is 8. The van der Waals surface area contributed by atoms with Crippen molar-refractivity contribution in [2.45, 2.75) is 12.7 Å². The van der Waals surface area contributed by atoms with Gasteiger partial charge in [-0.05, 0) is 19.2 Å². The van der Waals surface area contributed by atoms with E-state index in [0.29, 0.717) is 41.4 Å². The Bertz CT molecular complexity index is 1250. The molecular weight excluding hydrogens is 453 g/mol. The number of carbonyl (C=O) groups excluding carboxylic acids is 2. The minimum absolute atomic E-state index is 0.0120. The average Bonchev–Trinajstić information content (AvgIpc) is 3.19. The van der Waals surface area contributed by atoms with E-state index in [4.69, 9.17) is 5.73 Å². The van der Waals surface area contributed by atoms with Crippen LogP contribution < -0.4 is 16.4 Å². The maximum absolute atomic E-state index is 13.7. The zero-order valence-corrected chi connectivity index (χ0v) is 19.2. The number of alkyl halides is 1. The van der Waals surface area contributed by atoms with Gasteiger partial charge in [0.25, 0.3) is 11.8 Å². The molecule has 2 aliphatic rings. The number of carbonyl (C=O) groups is 2. The van der Waals surface area contributed by atoms with Gasteiger partial charge >= 0.3 is 0 Å². The monoisotopic (exact) mass is 479 g/mol. The first-order chi connectivity index (χ1) is 16.9. The minimum Gasteiger partial charge on any atom is -0.381 e. The summed E-state index contributed by atoms with van der Waals surface area (Å²) >= 11 is 0. The van der Waals surface area contributed by atoms with E-state index in [0.717, 1.165) is 13.1 Å². The highest BCUT2D eigenvalue weighted by Crippen LogP contribution is 2.30. The van der Waals surface area contributed by atoms with Gasteiger partial charge in [-0.25, -0.2) is 9.07 Å². The Hall–Kier alpha value is -4.06. The fraction of sp³-hybridized carbons (Fsp3) is 0.348. The molecule has 2 amide bonds. The molecule has 1 atom stereocenters. The van der Waals surface area contributed by atoms with Gasteiger partial charge in [0, 0.05) is 56.2 Å². The molecule has 1 saturated heterocycles. The Morgan fingerprint density at radius 1 is 1.17 bits per heavy atom. The second-order valence-electron chi connectivity index (χ2n) is 8.67. The van der Waals surface area contributed by atoms with E-state index >= 15 is 0 Å². The van der Waals surface area contributed by atoms with Crippen molar-refractivity contribution < 1.29 is 14.0 Å². The molecule has 1 unspecified atom stereocenters. The van der Waals surface area contributed by atoms with E-state index in [-0.39, 0.29) is 30.4 Å². The normalized spacial score (nSPS) is 18.0. The van der Waals surface area contributed by atoms with Crippen molar-refractivity contribution in [2.24, 2.45) is 0 Å². The van der Waals surface area contributed by atoms with E-state index in [1.54, 1.807) is 35.5 Å². The van der Waals surface area contributed by atoms with Crippen LogP contribution in [-0.4, -0.2) is 87.3 Å². The van der Waals surface area contributed by atoms with E-state index in [9.17, 15) is 14.0 Å². The number of amides is 2. The van der Waals surface area contributed by atoms with Gasteiger partial charge in [-0.15, -0.1) is 0 Å². The Morgan fingerprint density at radius 3 is 2.71 bits per heavy atom. The molecule has 0 saturated carbocycles. The zero-order valence-electron chi connectivity index (χ0n) is 19.2. The van der Waals surface area contributed by atoms with Crippen molar-refractivity contribution >= 4 is 29.1 Å². The summed E-state index contributed by atoms with van der Waals surface area (Å²) in [5.74, 6) is -0.194. The number of nitrogens with two attached hydrogens (primary N) is 1.